The number of aryl methyl sites for hydroxylation is 2. The van der Waals surface area contributed by atoms with E-state index in [2.05, 4.69) is 15.1 Å². The van der Waals surface area contributed by atoms with Gasteiger partial charge in [-0.2, -0.15) is 5.10 Å². The van der Waals surface area contributed by atoms with E-state index in [0.29, 0.717) is 33.5 Å². The number of pyridine rings is 2. The van der Waals surface area contributed by atoms with E-state index >= 15 is 0 Å². The number of aromatic nitrogens is 4. The molecule has 28 heavy (non-hydrogen) atoms. The molecule has 0 unspecified atom stereocenters. The standard InChI is InChI=1S/C21H15N5O2/c1-12-3-5-14(6-4-12)26-20(27)15-11-23-19-17(16(15)21(26)28)18(24-25(19)2)13-7-9-22-10-8-13/h3-11H,1-2H3. The number of carbonyl (C=O) groups excluding carboxylic acids is 2. The lowest BCUT2D eigenvalue weighted by atomic mass is 10.0. The first-order valence-corrected chi connectivity index (χ1v) is 8.78. The van der Waals surface area contributed by atoms with E-state index in [1.54, 1.807) is 36.3 Å². The average Bonchev–Trinajstić information content (AvgIpc) is 3.18. The summed E-state index contributed by atoms with van der Waals surface area (Å²) >= 11 is 0. The number of anilines is 1. The predicted molar refractivity (Wildman–Crippen MR) is 104 cm³/mol. The molecule has 0 fully saturated rings. The summed E-state index contributed by atoms with van der Waals surface area (Å²) in [6.07, 6.45) is 4.79. The quantitative estimate of drug-likeness (QED) is 0.507. The predicted octanol–water partition coefficient (Wildman–Crippen LogP) is 3.14. The molecule has 1 aromatic carbocycles. The SMILES string of the molecule is Cc1ccc(N2C(=O)c3cnc4c(c(-c5ccncc5)nn4C)c3C2=O)cc1. The lowest BCUT2D eigenvalue weighted by molar-refractivity contribution is 0.0926. The average molecular weight is 369 g/mol. The second-order valence-corrected chi connectivity index (χ2v) is 6.73. The van der Waals surface area contributed by atoms with E-state index in [9.17, 15) is 9.59 Å². The van der Waals surface area contributed by atoms with Crippen LogP contribution in [0.4, 0.5) is 5.69 Å². The van der Waals surface area contributed by atoms with Gasteiger partial charge in [0.2, 0.25) is 0 Å². The van der Waals surface area contributed by atoms with Crippen LogP contribution in [0.5, 0.6) is 0 Å². The Morgan fingerprint density at radius 2 is 1.64 bits per heavy atom. The van der Waals surface area contributed by atoms with Crippen molar-refractivity contribution in [1.82, 2.24) is 19.7 Å². The number of imide groups is 1. The first-order valence-electron chi connectivity index (χ1n) is 8.78. The largest absolute Gasteiger partial charge is 0.268 e. The van der Waals surface area contributed by atoms with Gasteiger partial charge in [0, 0.05) is 31.2 Å². The Morgan fingerprint density at radius 1 is 0.929 bits per heavy atom. The van der Waals surface area contributed by atoms with Gasteiger partial charge in [0.1, 0.15) is 5.69 Å². The zero-order valence-corrected chi connectivity index (χ0v) is 15.2. The van der Waals surface area contributed by atoms with Gasteiger partial charge in [0.25, 0.3) is 11.8 Å². The third-order valence-corrected chi connectivity index (χ3v) is 4.95. The Morgan fingerprint density at radius 3 is 2.36 bits per heavy atom. The van der Waals surface area contributed by atoms with Crippen LogP contribution in [-0.2, 0) is 7.05 Å². The molecule has 4 aromatic rings. The van der Waals surface area contributed by atoms with Gasteiger partial charge in [-0.3, -0.25) is 14.6 Å². The monoisotopic (exact) mass is 369 g/mol. The Labute approximate surface area is 160 Å². The molecule has 3 aromatic heterocycles. The fourth-order valence-corrected chi connectivity index (χ4v) is 3.57. The highest BCUT2D eigenvalue weighted by molar-refractivity contribution is 6.38. The van der Waals surface area contributed by atoms with Crippen LogP contribution in [0.3, 0.4) is 0 Å². The minimum atomic E-state index is -0.372. The second kappa shape index (κ2) is 5.82. The summed E-state index contributed by atoms with van der Waals surface area (Å²) in [7, 11) is 1.77. The van der Waals surface area contributed by atoms with Crippen LogP contribution in [0.15, 0.2) is 55.0 Å². The van der Waals surface area contributed by atoms with Crippen molar-refractivity contribution in [2.75, 3.05) is 4.90 Å². The highest BCUT2D eigenvalue weighted by Gasteiger charge is 2.40. The van der Waals surface area contributed by atoms with Gasteiger partial charge in [0.05, 0.1) is 22.2 Å². The number of rotatable bonds is 2. The lowest BCUT2D eigenvalue weighted by Crippen LogP contribution is -2.29. The van der Waals surface area contributed by atoms with Crippen LogP contribution in [0, 0.1) is 6.92 Å². The molecule has 4 heterocycles. The van der Waals surface area contributed by atoms with Crippen LogP contribution in [0.1, 0.15) is 26.3 Å². The smallest absolute Gasteiger partial charge is 0.267 e. The molecule has 7 nitrogen and oxygen atoms in total. The van der Waals surface area contributed by atoms with Gasteiger partial charge < -0.3 is 0 Å². The van der Waals surface area contributed by atoms with Crippen LogP contribution in [0.25, 0.3) is 22.3 Å². The van der Waals surface area contributed by atoms with Gasteiger partial charge in [-0.1, -0.05) is 17.7 Å². The number of fused-ring (bicyclic) bond motifs is 3. The molecule has 0 spiro atoms. The van der Waals surface area contributed by atoms with E-state index < -0.39 is 0 Å². The van der Waals surface area contributed by atoms with Crippen molar-refractivity contribution >= 4 is 28.5 Å². The number of hydrogen-bond donors (Lipinski definition) is 0. The van der Waals surface area contributed by atoms with Gasteiger partial charge in [-0.15, -0.1) is 0 Å². The van der Waals surface area contributed by atoms with E-state index in [1.807, 2.05) is 31.2 Å². The molecule has 0 saturated heterocycles. The zero-order chi connectivity index (χ0) is 19.4. The molecule has 0 saturated carbocycles. The van der Waals surface area contributed by atoms with Crippen LogP contribution in [-0.4, -0.2) is 31.6 Å². The summed E-state index contributed by atoms with van der Waals surface area (Å²) in [6, 6.07) is 10.9. The van der Waals surface area contributed by atoms with Gasteiger partial charge >= 0.3 is 0 Å². The molecule has 0 N–H and O–H groups in total. The third-order valence-electron chi connectivity index (χ3n) is 4.95. The van der Waals surface area contributed by atoms with Crippen LogP contribution < -0.4 is 4.90 Å². The minimum absolute atomic E-state index is 0.293. The van der Waals surface area contributed by atoms with Gasteiger partial charge in [-0.05, 0) is 31.2 Å². The Hall–Kier alpha value is -3.87. The van der Waals surface area contributed by atoms with E-state index in [1.165, 1.54) is 11.1 Å². The number of nitrogens with zero attached hydrogens (tertiary/aromatic N) is 5. The van der Waals surface area contributed by atoms with Crippen molar-refractivity contribution < 1.29 is 9.59 Å². The molecule has 0 radical (unpaired) electrons. The maximum absolute atomic E-state index is 13.3. The minimum Gasteiger partial charge on any atom is -0.268 e. The summed E-state index contributed by atoms with van der Waals surface area (Å²) in [5.41, 5.74) is 4.20. The maximum Gasteiger partial charge on any atom is 0.267 e. The molecule has 136 valence electrons. The maximum atomic E-state index is 13.3. The van der Waals surface area contributed by atoms with Crippen LogP contribution >= 0.6 is 0 Å². The van der Waals surface area contributed by atoms with Crippen LogP contribution in [0.2, 0.25) is 0 Å². The summed E-state index contributed by atoms with van der Waals surface area (Å²) in [5, 5.41) is 5.13. The number of benzene rings is 1. The summed E-state index contributed by atoms with van der Waals surface area (Å²) in [5.74, 6) is -0.734. The third kappa shape index (κ3) is 2.19. The van der Waals surface area contributed by atoms with Crippen molar-refractivity contribution in [3.05, 3.63) is 71.7 Å². The molecule has 7 heteroatoms. The Balaban J connectivity index is 1.77. The van der Waals surface area contributed by atoms with Crippen molar-refractivity contribution in [3.63, 3.8) is 0 Å². The fraction of sp³-hybridized carbons (Fsp3) is 0.0952. The van der Waals surface area contributed by atoms with E-state index in [-0.39, 0.29) is 11.8 Å². The van der Waals surface area contributed by atoms with Gasteiger partial charge in [0.15, 0.2) is 5.65 Å². The van der Waals surface area contributed by atoms with E-state index in [4.69, 9.17) is 0 Å². The molecule has 0 bridgehead atoms. The molecule has 5 rings (SSSR count). The first kappa shape index (κ1) is 16.3. The van der Waals surface area contributed by atoms with Crippen molar-refractivity contribution in [1.29, 1.82) is 0 Å². The Bertz CT molecular complexity index is 1260. The molecular formula is C21H15N5O2. The normalized spacial score (nSPS) is 13.4. The molecule has 0 atom stereocenters. The Kier molecular flexibility index (Phi) is 3.39. The molecule has 0 aliphatic carbocycles. The molecular weight excluding hydrogens is 354 g/mol. The molecule has 1 aliphatic rings. The van der Waals surface area contributed by atoms with Gasteiger partial charge in [-0.25, -0.2) is 14.6 Å². The first-order chi connectivity index (χ1) is 13.6. The second-order valence-electron chi connectivity index (χ2n) is 6.73. The topological polar surface area (TPSA) is 81.0 Å². The summed E-state index contributed by atoms with van der Waals surface area (Å²) in [6.45, 7) is 1.95. The highest BCUT2D eigenvalue weighted by atomic mass is 16.2. The molecule has 1 aliphatic heterocycles. The number of carbonyl (C=O) groups is 2. The molecule has 2 amide bonds. The summed E-state index contributed by atoms with van der Waals surface area (Å²) in [4.78, 5) is 36.0. The summed E-state index contributed by atoms with van der Waals surface area (Å²) < 4.78 is 1.62. The van der Waals surface area contributed by atoms with E-state index in [0.717, 1.165) is 11.1 Å². The van der Waals surface area contributed by atoms with Crippen molar-refractivity contribution in [2.45, 2.75) is 6.92 Å². The van der Waals surface area contributed by atoms with Crippen molar-refractivity contribution in [2.24, 2.45) is 7.05 Å². The highest BCUT2D eigenvalue weighted by Crippen LogP contribution is 2.36. The number of amides is 2. The fourth-order valence-electron chi connectivity index (χ4n) is 3.57. The van der Waals surface area contributed by atoms with Crippen molar-refractivity contribution in [3.8, 4) is 11.3 Å². The zero-order valence-electron chi connectivity index (χ0n) is 15.2. The number of hydrogen-bond acceptors (Lipinski definition) is 5. The lowest BCUT2D eigenvalue weighted by Gasteiger charge is -2.13.